The Bertz CT molecular complexity index is 2380. The van der Waals surface area contributed by atoms with Crippen molar-refractivity contribution in [3.63, 3.8) is 0 Å². The van der Waals surface area contributed by atoms with Gasteiger partial charge in [-0.25, -0.2) is 9.97 Å². The molecule has 0 spiro atoms. The molecule has 9 rings (SSSR count). The van der Waals surface area contributed by atoms with Crippen molar-refractivity contribution >= 4 is 21.9 Å². The minimum atomic E-state index is -0.127. The Kier molecular flexibility index (Phi) is 5.85. The van der Waals surface area contributed by atoms with Crippen LogP contribution in [-0.2, 0) is 5.41 Å². The third-order valence-corrected chi connectivity index (χ3v) is 9.49. The van der Waals surface area contributed by atoms with E-state index in [1.54, 1.807) is 0 Å². The lowest BCUT2D eigenvalue weighted by atomic mass is 9.82. The number of para-hydroxylation sites is 1. The van der Waals surface area contributed by atoms with Crippen molar-refractivity contribution < 1.29 is 4.42 Å². The Morgan fingerprint density at radius 2 is 1.04 bits per heavy atom. The molecule has 3 nitrogen and oxygen atoms in total. The van der Waals surface area contributed by atoms with Crippen molar-refractivity contribution in [3.05, 3.63) is 157 Å². The second-order valence-electron chi connectivity index (χ2n) is 12.7. The highest BCUT2D eigenvalue weighted by molar-refractivity contribution is 6.07. The average Bonchev–Trinajstić information content (AvgIpc) is 3.59. The molecule has 1 aliphatic rings. The Morgan fingerprint density at radius 3 is 1.78 bits per heavy atom. The van der Waals surface area contributed by atoms with Crippen LogP contribution < -0.4 is 0 Å². The van der Waals surface area contributed by atoms with Gasteiger partial charge in [-0.3, -0.25) is 0 Å². The summed E-state index contributed by atoms with van der Waals surface area (Å²) < 4.78 is 6.28. The highest BCUT2D eigenvalue weighted by Crippen LogP contribution is 2.51. The number of benzene rings is 6. The first-order valence-corrected chi connectivity index (χ1v) is 15.7. The summed E-state index contributed by atoms with van der Waals surface area (Å²) in [6.45, 7) is 4.63. The molecule has 0 radical (unpaired) electrons. The standard InChI is InChI=1S/C43H30N2O/c1-43(2)36-21-20-30(23-33(36)34-24-35-32-18-9-10-19-40(32)46-41(35)25-37(34)43)29-16-11-17-31(22-29)42-44-38(27-12-5-3-6-13-27)26-39(45-42)28-14-7-4-8-15-28/h3-26H,1-2H3. The SMILES string of the molecule is CC1(C)c2ccc(-c3cccc(-c4nc(-c5ccccc5)cc(-c5ccccc5)n4)c3)cc2-c2cc3c(cc21)oc1ccccc13. The summed E-state index contributed by atoms with van der Waals surface area (Å²) in [5.74, 6) is 0.712. The third kappa shape index (κ3) is 4.20. The normalized spacial score (nSPS) is 13.2. The van der Waals surface area contributed by atoms with Gasteiger partial charge in [-0.1, -0.05) is 123 Å². The summed E-state index contributed by atoms with van der Waals surface area (Å²) in [5.41, 5.74) is 14.2. The first-order valence-electron chi connectivity index (χ1n) is 15.7. The number of nitrogens with zero attached hydrogens (tertiary/aromatic N) is 2. The summed E-state index contributed by atoms with van der Waals surface area (Å²) in [6.07, 6.45) is 0. The second kappa shape index (κ2) is 10.1. The van der Waals surface area contributed by atoms with Crippen LogP contribution in [0.1, 0.15) is 25.0 Å². The smallest absolute Gasteiger partial charge is 0.160 e. The van der Waals surface area contributed by atoms with E-state index in [1.165, 1.54) is 27.8 Å². The van der Waals surface area contributed by atoms with E-state index in [4.69, 9.17) is 14.4 Å². The van der Waals surface area contributed by atoms with Crippen LogP contribution in [0.15, 0.2) is 150 Å². The zero-order valence-corrected chi connectivity index (χ0v) is 25.7. The van der Waals surface area contributed by atoms with E-state index < -0.39 is 0 Å². The maximum absolute atomic E-state index is 6.28. The Labute approximate surface area is 267 Å². The monoisotopic (exact) mass is 590 g/mol. The minimum Gasteiger partial charge on any atom is -0.456 e. The van der Waals surface area contributed by atoms with Crippen molar-refractivity contribution in [1.29, 1.82) is 0 Å². The number of hydrogen-bond acceptors (Lipinski definition) is 3. The fourth-order valence-electron chi connectivity index (χ4n) is 7.08. The summed E-state index contributed by atoms with van der Waals surface area (Å²) in [4.78, 5) is 10.1. The molecule has 0 atom stereocenters. The van der Waals surface area contributed by atoms with Crippen LogP contribution in [0, 0.1) is 0 Å². The van der Waals surface area contributed by atoms with Gasteiger partial charge in [0.25, 0.3) is 0 Å². The van der Waals surface area contributed by atoms with Crippen LogP contribution in [0.3, 0.4) is 0 Å². The average molecular weight is 591 g/mol. The van der Waals surface area contributed by atoms with Crippen LogP contribution in [0.25, 0.3) is 78.1 Å². The molecular weight excluding hydrogens is 560 g/mol. The van der Waals surface area contributed by atoms with Gasteiger partial charge in [0.2, 0.25) is 0 Å². The van der Waals surface area contributed by atoms with E-state index in [1.807, 2.05) is 48.5 Å². The molecule has 46 heavy (non-hydrogen) atoms. The van der Waals surface area contributed by atoms with Crippen LogP contribution in [-0.4, -0.2) is 9.97 Å². The minimum absolute atomic E-state index is 0.127. The molecule has 0 saturated heterocycles. The second-order valence-corrected chi connectivity index (χ2v) is 12.7. The fourth-order valence-corrected chi connectivity index (χ4v) is 7.08. The lowest BCUT2D eigenvalue weighted by Crippen LogP contribution is -2.14. The predicted molar refractivity (Wildman–Crippen MR) is 189 cm³/mol. The zero-order chi connectivity index (χ0) is 30.8. The van der Waals surface area contributed by atoms with Gasteiger partial charge in [0.15, 0.2) is 5.82 Å². The van der Waals surface area contributed by atoms with E-state index in [0.29, 0.717) is 5.82 Å². The van der Waals surface area contributed by atoms with Gasteiger partial charge < -0.3 is 4.42 Å². The van der Waals surface area contributed by atoms with Crippen molar-refractivity contribution in [3.8, 4) is 56.2 Å². The summed E-state index contributed by atoms with van der Waals surface area (Å²) in [7, 11) is 0. The van der Waals surface area contributed by atoms with Gasteiger partial charge in [-0.15, -0.1) is 0 Å². The molecule has 2 heterocycles. The maximum atomic E-state index is 6.28. The third-order valence-electron chi connectivity index (χ3n) is 9.49. The molecule has 0 unspecified atom stereocenters. The first-order chi connectivity index (χ1) is 22.5. The van der Waals surface area contributed by atoms with Crippen LogP contribution in [0.5, 0.6) is 0 Å². The topological polar surface area (TPSA) is 38.9 Å². The fraction of sp³-hybridized carbons (Fsp3) is 0.0698. The predicted octanol–water partition coefficient (Wildman–Crippen LogP) is 11.4. The van der Waals surface area contributed by atoms with E-state index >= 15 is 0 Å². The van der Waals surface area contributed by atoms with Crippen LogP contribution in [0.2, 0.25) is 0 Å². The summed E-state index contributed by atoms with van der Waals surface area (Å²) in [6, 6.07) is 51.1. The maximum Gasteiger partial charge on any atom is 0.160 e. The molecular formula is C43H30N2O. The molecule has 0 saturated carbocycles. The molecule has 1 aliphatic carbocycles. The zero-order valence-electron chi connectivity index (χ0n) is 25.7. The highest BCUT2D eigenvalue weighted by atomic mass is 16.3. The van der Waals surface area contributed by atoms with Crippen molar-refractivity contribution in [2.75, 3.05) is 0 Å². The van der Waals surface area contributed by atoms with Gasteiger partial charge in [0.05, 0.1) is 11.4 Å². The largest absolute Gasteiger partial charge is 0.456 e. The molecule has 218 valence electrons. The van der Waals surface area contributed by atoms with Gasteiger partial charge >= 0.3 is 0 Å². The molecule has 8 aromatic rings. The quantitative estimate of drug-likeness (QED) is 0.205. The molecule has 0 N–H and O–H groups in total. The van der Waals surface area contributed by atoms with Crippen molar-refractivity contribution in [1.82, 2.24) is 9.97 Å². The first kappa shape index (κ1) is 26.6. The van der Waals surface area contributed by atoms with Crippen LogP contribution in [0.4, 0.5) is 0 Å². The molecule has 0 aliphatic heterocycles. The molecule has 3 heteroatoms. The number of aromatic nitrogens is 2. The molecule has 0 bridgehead atoms. The van der Waals surface area contributed by atoms with Crippen LogP contribution >= 0.6 is 0 Å². The lowest BCUT2D eigenvalue weighted by Gasteiger charge is -2.21. The Hall–Kier alpha value is -5.80. The lowest BCUT2D eigenvalue weighted by molar-refractivity contribution is 0.647. The molecule has 6 aromatic carbocycles. The number of fused-ring (bicyclic) bond motifs is 6. The van der Waals surface area contributed by atoms with Gasteiger partial charge in [0, 0.05) is 32.9 Å². The van der Waals surface area contributed by atoms with E-state index in [0.717, 1.165) is 55.6 Å². The van der Waals surface area contributed by atoms with Gasteiger partial charge in [-0.05, 0) is 69.8 Å². The van der Waals surface area contributed by atoms with E-state index in [-0.39, 0.29) is 5.41 Å². The molecule has 0 amide bonds. The number of rotatable bonds is 4. The Balaban J connectivity index is 1.17. The van der Waals surface area contributed by atoms with E-state index in [2.05, 4.69) is 111 Å². The van der Waals surface area contributed by atoms with E-state index in [9.17, 15) is 0 Å². The van der Waals surface area contributed by atoms with Gasteiger partial charge in [0.1, 0.15) is 11.2 Å². The Morgan fingerprint density at radius 1 is 0.435 bits per heavy atom. The van der Waals surface area contributed by atoms with Crippen molar-refractivity contribution in [2.24, 2.45) is 0 Å². The molecule has 2 aromatic heterocycles. The number of hydrogen-bond donors (Lipinski definition) is 0. The van der Waals surface area contributed by atoms with Gasteiger partial charge in [-0.2, -0.15) is 0 Å². The summed E-state index contributed by atoms with van der Waals surface area (Å²) >= 11 is 0. The number of furan rings is 1. The molecule has 0 fully saturated rings. The highest BCUT2D eigenvalue weighted by Gasteiger charge is 2.36. The summed E-state index contributed by atoms with van der Waals surface area (Å²) in [5, 5.41) is 2.32. The van der Waals surface area contributed by atoms with Crippen molar-refractivity contribution in [2.45, 2.75) is 19.3 Å².